The van der Waals surface area contributed by atoms with Crippen molar-refractivity contribution in [3.63, 3.8) is 0 Å². The minimum absolute atomic E-state index is 0.101. The molecule has 8 heteroatoms. The summed E-state index contributed by atoms with van der Waals surface area (Å²) in [6.45, 7) is 2.02. The van der Waals surface area contributed by atoms with Crippen molar-refractivity contribution in [3.05, 3.63) is 120 Å². The molecule has 3 amide bonds. The third kappa shape index (κ3) is 6.29. The molecule has 36 heavy (non-hydrogen) atoms. The molecule has 0 aliphatic heterocycles. The van der Waals surface area contributed by atoms with Crippen LogP contribution in [0.2, 0.25) is 0 Å². The second kappa shape index (κ2) is 11.7. The largest absolute Gasteiger partial charge is 0.467 e. The van der Waals surface area contributed by atoms with Crippen molar-refractivity contribution < 1.29 is 23.2 Å². The number of furan rings is 2. The van der Waals surface area contributed by atoms with E-state index in [-0.39, 0.29) is 31.3 Å². The summed E-state index contributed by atoms with van der Waals surface area (Å²) in [7, 11) is 0. The van der Waals surface area contributed by atoms with Gasteiger partial charge in [0.25, 0.3) is 5.91 Å². The second-order valence-electron chi connectivity index (χ2n) is 8.28. The number of rotatable bonds is 10. The molecule has 0 fully saturated rings. The second-order valence-corrected chi connectivity index (χ2v) is 8.28. The average Bonchev–Trinajstić information content (AvgIpc) is 3.62. The normalized spacial score (nSPS) is 11.5. The van der Waals surface area contributed by atoms with Crippen molar-refractivity contribution in [2.75, 3.05) is 6.54 Å². The predicted molar refractivity (Wildman–Crippen MR) is 133 cm³/mol. The fourth-order valence-electron chi connectivity index (χ4n) is 3.76. The van der Waals surface area contributed by atoms with Gasteiger partial charge in [-0.2, -0.15) is 0 Å². The minimum Gasteiger partial charge on any atom is -0.467 e. The van der Waals surface area contributed by atoms with E-state index in [0.717, 1.165) is 11.1 Å². The fourth-order valence-corrected chi connectivity index (χ4v) is 3.76. The van der Waals surface area contributed by atoms with Crippen molar-refractivity contribution in [1.29, 1.82) is 0 Å². The highest BCUT2D eigenvalue weighted by Gasteiger charge is 2.31. The van der Waals surface area contributed by atoms with E-state index in [2.05, 4.69) is 10.6 Å². The Morgan fingerprint density at radius 2 is 1.56 bits per heavy atom. The zero-order chi connectivity index (χ0) is 25.3. The van der Waals surface area contributed by atoms with E-state index in [4.69, 9.17) is 8.83 Å². The molecule has 0 bridgehead atoms. The molecule has 0 aliphatic rings. The third-order valence-corrected chi connectivity index (χ3v) is 5.63. The number of hydrogen-bond acceptors (Lipinski definition) is 5. The molecule has 2 aromatic heterocycles. The summed E-state index contributed by atoms with van der Waals surface area (Å²) in [6, 6.07) is 22.5. The monoisotopic (exact) mass is 485 g/mol. The van der Waals surface area contributed by atoms with E-state index in [9.17, 15) is 14.4 Å². The van der Waals surface area contributed by atoms with E-state index in [1.807, 2.05) is 49.4 Å². The number of carbonyl (C=O) groups excluding carboxylic acids is 3. The molecule has 0 aliphatic carbocycles. The molecule has 0 saturated heterocycles. The molecule has 0 unspecified atom stereocenters. The molecule has 4 aromatic rings. The first kappa shape index (κ1) is 24.5. The Morgan fingerprint density at radius 1 is 0.833 bits per heavy atom. The summed E-state index contributed by atoms with van der Waals surface area (Å²) in [5.41, 5.74) is 2.58. The maximum atomic E-state index is 13.5. The van der Waals surface area contributed by atoms with Gasteiger partial charge in [0.2, 0.25) is 11.8 Å². The molecule has 0 radical (unpaired) electrons. The van der Waals surface area contributed by atoms with Gasteiger partial charge in [0, 0.05) is 6.54 Å². The number of hydrogen-bond donors (Lipinski definition) is 2. The van der Waals surface area contributed by atoms with Crippen LogP contribution in [-0.2, 0) is 22.7 Å². The van der Waals surface area contributed by atoms with Crippen LogP contribution in [0.5, 0.6) is 0 Å². The fraction of sp³-hybridized carbons (Fsp3) is 0.179. The molecule has 8 nitrogen and oxygen atoms in total. The minimum atomic E-state index is -0.935. The topological polar surface area (TPSA) is 105 Å². The zero-order valence-electron chi connectivity index (χ0n) is 19.8. The Bertz CT molecular complexity index is 1270. The molecule has 0 spiro atoms. The van der Waals surface area contributed by atoms with Gasteiger partial charge in [0.05, 0.1) is 25.6 Å². The summed E-state index contributed by atoms with van der Waals surface area (Å²) in [5, 5.41) is 5.46. The van der Waals surface area contributed by atoms with Gasteiger partial charge in [0.1, 0.15) is 11.8 Å². The summed E-state index contributed by atoms with van der Waals surface area (Å²) in [5.74, 6) is -0.601. The van der Waals surface area contributed by atoms with Gasteiger partial charge in [-0.3, -0.25) is 14.4 Å². The third-order valence-electron chi connectivity index (χ3n) is 5.63. The highest BCUT2D eigenvalue weighted by atomic mass is 16.3. The van der Waals surface area contributed by atoms with Crippen molar-refractivity contribution in [2.24, 2.45) is 0 Å². The number of nitrogens with zero attached hydrogens (tertiary/aromatic N) is 1. The van der Waals surface area contributed by atoms with Gasteiger partial charge in [-0.05, 0) is 42.3 Å². The summed E-state index contributed by atoms with van der Waals surface area (Å²) < 4.78 is 10.4. The predicted octanol–water partition coefficient (Wildman–Crippen LogP) is 4.00. The van der Waals surface area contributed by atoms with Gasteiger partial charge in [0.15, 0.2) is 5.76 Å². The smallest absolute Gasteiger partial charge is 0.287 e. The first-order chi connectivity index (χ1) is 17.5. The van der Waals surface area contributed by atoms with Crippen LogP contribution >= 0.6 is 0 Å². The molecular formula is C28H27N3O5. The van der Waals surface area contributed by atoms with Gasteiger partial charge < -0.3 is 24.4 Å². The average molecular weight is 486 g/mol. The standard InChI is InChI=1S/C28H27N3O5/c1-20-11-13-21(14-12-20)19-31(25(32)18-30-27(33)24-10-6-16-36-24)26(22-7-3-2-4-8-22)28(34)29-17-23-9-5-15-35-23/h2-16,26H,17-19H2,1H3,(H,29,34)(H,30,33)/t26-/m0/s1. The number of carbonyl (C=O) groups is 3. The molecule has 1 atom stereocenters. The number of aryl methyl sites for hydroxylation is 1. The van der Waals surface area contributed by atoms with Crippen LogP contribution in [0.3, 0.4) is 0 Å². The van der Waals surface area contributed by atoms with Gasteiger partial charge >= 0.3 is 0 Å². The van der Waals surface area contributed by atoms with Crippen LogP contribution in [0.4, 0.5) is 0 Å². The Labute approximate surface area is 208 Å². The van der Waals surface area contributed by atoms with Crippen LogP contribution in [0, 0.1) is 6.92 Å². The molecule has 184 valence electrons. The molecule has 4 rings (SSSR count). The Balaban J connectivity index is 1.61. The summed E-state index contributed by atoms with van der Waals surface area (Å²) in [4.78, 5) is 40.9. The van der Waals surface area contributed by atoms with Gasteiger partial charge in [-0.15, -0.1) is 0 Å². The molecular weight excluding hydrogens is 458 g/mol. The van der Waals surface area contributed by atoms with E-state index < -0.39 is 17.9 Å². The lowest BCUT2D eigenvalue weighted by Gasteiger charge is -2.31. The Hall–Kier alpha value is -4.59. The summed E-state index contributed by atoms with van der Waals surface area (Å²) in [6.07, 6.45) is 2.92. The lowest BCUT2D eigenvalue weighted by atomic mass is 10.0. The van der Waals surface area contributed by atoms with Crippen LogP contribution in [-0.4, -0.2) is 29.2 Å². The van der Waals surface area contributed by atoms with Crippen molar-refractivity contribution in [1.82, 2.24) is 15.5 Å². The molecule has 2 heterocycles. The molecule has 2 N–H and O–H groups in total. The van der Waals surface area contributed by atoms with Crippen molar-refractivity contribution in [2.45, 2.75) is 26.1 Å². The highest BCUT2D eigenvalue weighted by Crippen LogP contribution is 2.24. The first-order valence-corrected chi connectivity index (χ1v) is 11.5. The SMILES string of the molecule is Cc1ccc(CN(C(=O)CNC(=O)c2ccco2)[C@H](C(=O)NCc2ccco2)c2ccccc2)cc1. The lowest BCUT2D eigenvalue weighted by molar-refractivity contribution is -0.141. The van der Waals surface area contributed by atoms with Crippen molar-refractivity contribution in [3.8, 4) is 0 Å². The number of benzene rings is 2. The van der Waals surface area contributed by atoms with E-state index >= 15 is 0 Å². The van der Waals surface area contributed by atoms with E-state index in [1.54, 1.807) is 30.3 Å². The highest BCUT2D eigenvalue weighted by molar-refractivity contribution is 5.95. The molecule has 2 aromatic carbocycles. The maximum absolute atomic E-state index is 13.5. The Kier molecular flexibility index (Phi) is 7.97. The quantitative estimate of drug-likeness (QED) is 0.353. The van der Waals surface area contributed by atoms with Crippen LogP contribution in [0.25, 0.3) is 0 Å². The van der Waals surface area contributed by atoms with Crippen LogP contribution in [0.1, 0.15) is 39.0 Å². The lowest BCUT2D eigenvalue weighted by Crippen LogP contribution is -2.46. The Morgan fingerprint density at radius 3 is 2.22 bits per heavy atom. The van der Waals surface area contributed by atoms with Crippen LogP contribution < -0.4 is 10.6 Å². The van der Waals surface area contributed by atoms with Gasteiger partial charge in [-0.25, -0.2) is 0 Å². The van der Waals surface area contributed by atoms with E-state index in [1.165, 1.54) is 23.5 Å². The first-order valence-electron chi connectivity index (χ1n) is 11.5. The maximum Gasteiger partial charge on any atom is 0.287 e. The number of nitrogens with one attached hydrogen (secondary N) is 2. The van der Waals surface area contributed by atoms with Crippen LogP contribution in [0.15, 0.2) is 100 Å². The molecule has 0 saturated carbocycles. The van der Waals surface area contributed by atoms with Gasteiger partial charge in [-0.1, -0.05) is 60.2 Å². The summed E-state index contributed by atoms with van der Waals surface area (Å²) >= 11 is 0. The van der Waals surface area contributed by atoms with Crippen molar-refractivity contribution >= 4 is 17.7 Å². The number of amides is 3. The van der Waals surface area contributed by atoms with E-state index in [0.29, 0.717) is 11.3 Å². The zero-order valence-corrected chi connectivity index (χ0v) is 19.8.